The second-order valence-corrected chi connectivity index (χ2v) is 7.10. The topological polar surface area (TPSA) is 99.9 Å². The lowest BCUT2D eigenvalue weighted by Gasteiger charge is -2.12. The van der Waals surface area contributed by atoms with E-state index in [4.69, 9.17) is 14.2 Å². The van der Waals surface area contributed by atoms with Crippen molar-refractivity contribution in [1.82, 2.24) is 25.1 Å². The molecular formula is C24H24FN5O4. The molecule has 0 bridgehead atoms. The number of carbonyl (C=O) groups is 1. The fourth-order valence-electron chi connectivity index (χ4n) is 3.24. The molecule has 0 fully saturated rings. The minimum absolute atomic E-state index is 0.202. The number of hydrogen-bond acceptors (Lipinski definition) is 7. The Balaban J connectivity index is 1.37. The van der Waals surface area contributed by atoms with Crippen molar-refractivity contribution in [3.8, 4) is 28.8 Å². The first kappa shape index (κ1) is 23.0. The molecule has 9 nitrogen and oxygen atoms in total. The Morgan fingerprint density at radius 2 is 1.71 bits per heavy atom. The van der Waals surface area contributed by atoms with Crippen LogP contribution in [0.25, 0.3) is 17.0 Å². The van der Waals surface area contributed by atoms with Gasteiger partial charge in [-0.05, 0) is 62.4 Å². The second kappa shape index (κ2) is 10.6. The van der Waals surface area contributed by atoms with Gasteiger partial charge in [0.2, 0.25) is 5.88 Å². The van der Waals surface area contributed by atoms with Crippen molar-refractivity contribution in [1.29, 1.82) is 0 Å². The number of aromatic nitrogens is 4. The first-order valence-corrected chi connectivity index (χ1v) is 10.9. The first-order chi connectivity index (χ1) is 16.6. The molecule has 2 aromatic carbocycles. The van der Waals surface area contributed by atoms with Gasteiger partial charge in [-0.15, -0.1) is 15.3 Å². The zero-order valence-electron chi connectivity index (χ0n) is 18.8. The minimum atomic E-state index is -0.337. The van der Waals surface area contributed by atoms with Gasteiger partial charge in [-0.3, -0.25) is 4.79 Å². The quantitative estimate of drug-likeness (QED) is 0.358. The van der Waals surface area contributed by atoms with E-state index in [1.54, 1.807) is 42.5 Å². The van der Waals surface area contributed by atoms with Crippen LogP contribution in [-0.2, 0) is 0 Å². The van der Waals surface area contributed by atoms with Crippen molar-refractivity contribution >= 4 is 11.6 Å². The third-order valence-corrected chi connectivity index (χ3v) is 4.78. The third kappa shape index (κ3) is 5.22. The van der Waals surface area contributed by atoms with Crippen LogP contribution in [0.4, 0.5) is 4.39 Å². The predicted octanol–water partition coefficient (Wildman–Crippen LogP) is 3.54. The van der Waals surface area contributed by atoms with Crippen LogP contribution in [0.1, 0.15) is 24.2 Å². The molecule has 1 N–H and O–H groups in total. The molecule has 4 rings (SSSR count). The average Bonchev–Trinajstić information content (AvgIpc) is 3.27. The third-order valence-electron chi connectivity index (χ3n) is 4.78. The Hall–Kier alpha value is -4.21. The Morgan fingerprint density at radius 3 is 2.47 bits per heavy atom. The molecule has 2 heterocycles. The standard InChI is InChI=1S/C24H24FN5O4/c1-3-32-19-10-7-17(15-20(19)33-4-2)24(31)26-13-14-34-22-12-11-21-27-28-23(30(21)29-22)16-5-8-18(25)9-6-16/h5-12,15H,3-4,13-14H2,1-2H3,(H,26,31). The maximum atomic E-state index is 13.2. The average molecular weight is 465 g/mol. The van der Waals surface area contributed by atoms with Crippen molar-refractivity contribution in [2.75, 3.05) is 26.4 Å². The number of fused-ring (bicyclic) bond motifs is 1. The highest BCUT2D eigenvalue weighted by Crippen LogP contribution is 2.28. The maximum absolute atomic E-state index is 13.2. The summed E-state index contributed by atoms with van der Waals surface area (Å²) in [6.45, 7) is 5.19. The van der Waals surface area contributed by atoms with E-state index >= 15 is 0 Å². The zero-order chi connectivity index (χ0) is 23.9. The molecule has 0 radical (unpaired) electrons. The number of amides is 1. The van der Waals surface area contributed by atoms with Crippen molar-refractivity contribution in [3.63, 3.8) is 0 Å². The number of rotatable bonds is 10. The van der Waals surface area contributed by atoms with Crippen LogP contribution in [0.5, 0.6) is 17.4 Å². The van der Waals surface area contributed by atoms with Crippen molar-refractivity contribution in [3.05, 3.63) is 66.0 Å². The summed E-state index contributed by atoms with van der Waals surface area (Å²) in [5.74, 6) is 1.33. The fraction of sp³-hybridized carbons (Fsp3) is 0.250. The predicted molar refractivity (Wildman–Crippen MR) is 123 cm³/mol. The smallest absolute Gasteiger partial charge is 0.251 e. The first-order valence-electron chi connectivity index (χ1n) is 10.9. The van der Waals surface area contributed by atoms with E-state index in [-0.39, 0.29) is 24.9 Å². The molecule has 176 valence electrons. The highest BCUT2D eigenvalue weighted by Gasteiger charge is 2.13. The zero-order valence-corrected chi connectivity index (χ0v) is 18.8. The van der Waals surface area contributed by atoms with E-state index in [0.29, 0.717) is 53.2 Å². The van der Waals surface area contributed by atoms with Gasteiger partial charge in [0.05, 0.1) is 19.8 Å². The molecule has 0 saturated heterocycles. The largest absolute Gasteiger partial charge is 0.490 e. The molecule has 34 heavy (non-hydrogen) atoms. The Kier molecular flexibility index (Phi) is 7.16. The van der Waals surface area contributed by atoms with Crippen molar-refractivity contribution in [2.24, 2.45) is 0 Å². The molecule has 1 amide bonds. The van der Waals surface area contributed by atoms with E-state index in [1.165, 1.54) is 16.6 Å². The summed E-state index contributed by atoms with van der Waals surface area (Å²) in [6.07, 6.45) is 0. The number of ether oxygens (including phenoxy) is 3. The number of halogens is 1. The van der Waals surface area contributed by atoms with Crippen LogP contribution >= 0.6 is 0 Å². The van der Waals surface area contributed by atoms with Gasteiger partial charge in [0, 0.05) is 17.2 Å². The van der Waals surface area contributed by atoms with E-state index in [0.717, 1.165) is 0 Å². The molecule has 0 saturated carbocycles. The van der Waals surface area contributed by atoms with Crippen LogP contribution in [0.15, 0.2) is 54.6 Å². The van der Waals surface area contributed by atoms with Gasteiger partial charge >= 0.3 is 0 Å². The number of nitrogens with zero attached hydrogens (tertiary/aromatic N) is 4. The minimum Gasteiger partial charge on any atom is -0.490 e. The van der Waals surface area contributed by atoms with Gasteiger partial charge in [-0.1, -0.05) is 0 Å². The van der Waals surface area contributed by atoms with Gasteiger partial charge in [0.25, 0.3) is 5.91 Å². The van der Waals surface area contributed by atoms with Gasteiger partial charge in [-0.2, -0.15) is 4.52 Å². The van der Waals surface area contributed by atoms with Crippen molar-refractivity contribution < 1.29 is 23.4 Å². The summed E-state index contributed by atoms with van der Waals surface area (Å²) in [7, 11) is 0. The molecule has 0 aliphatic carbocycles. The number of carbonyl (C=O) groups excluding carboxylic acids is 1. The van der Waals surface area contributed by atoms with Gasteiger partial charge in [0.1, 0.15) is 12.4 Å². The molecule has 2 aromatic heterocycles. The Morgan fingerprint density at radius 1 is 0.941 bits per heavy atom. The lowest BCUT2D eigenvalue weighted by molar-refractivity contribution is 0.0946. The van der Waals surface area contributed by atoms with Crippen LogP contribution in [-0.4, -0.2) is 52.1 Å². The molecular weight excluding hydrogens is 441 g/mol. The number of nitrogens with one attached hydrogen (secondary N) is 1. The lowest BCUT2D eigenvalue weighted by Crippen LogP contribution is -2.28. The Labute approximate surface area is 195 Å². The van der Waals surface area contributed by atoms with Crippen LogP contribution in [0, 0.1) is 5.82 Å². The molecule has 10 heteroatoms. The van der Waals surface area contributed by atoms with E-state index < -0.39 is 0 Å². The van der Waals surface area contributed by atoms with Gasteiger partial charge in [-0.25, -0.2) is 4.39 Å². The SMILES string of the molecule is CCOc1ccc(C(=O)NCCOc2ccc3nnc(-c4ccc(F)cc4)n3n2)cc1OCC. The highest BCUT2D eigenvalue weighted by atomic mass is 19.1. The summed E-state index contributed by atoms with van der Waals surface area (Å²) < 4.78 is 31.5. The lowest BCUT2D eigenvalue weighted by atomic mass is 10.2. The highest BCUT2D eigenvalue weighted by molar-refractivity contribution is 5.94. The van der Waals surface area contributed by atoms with Crippen LogP contribution < -0.4 is 19.5 Å². The monoisotopic (exact) mass is 465 g/mol. The number of benzene rings is 2. The van der Waals surface area contributed by atoms with Gasteiger partial charge in [0.15, 0.2) is 23.0 Å². The maximum Gasteiger partial charge on any atom is 0.251 e. The summed E-state index contributed by atoms with van der Waals surface area (Å²) in [5, 5.41) is 15.4. The summed E-state index contributed by atoms with van der Waals surface area (Å²) in [6, 6.07) is 14.4. The summed E-state index contributed by atoms with van der Waals surface area (Å²) in [4.78, 5) is 12.5. The van der Waals surface area contributed by atoms with Crippen LogP contribution in [0.3, 0.4) is 0 Å². The Bertz CT molecular complexity index is 1280. The second-order valence-electron chi connectivity index (χ2n) is 7.10. The molecule has 0 unspecified atom stereocenters. The van der Waals surface area contributed by atoms with E-state index in [9.17, 15) is 9.18 Å². The molecule has 0 atom stereocenters. The fourth-order valence-corrected chi connectivity index (χ4v) is 3.24. The van der Waals surface area contributed by atoms with Crippen molar-refractivity contribution in [2.45, 2.75) is 13.8 Å². The summed E-state index contributed by atoms with van der Waals surface area (Å²) in [5.41, 5.74) is 1.66. The van der Waals surface area contributed by atoms with E-state index in [2.05, 4.69) is 20.6 Å². The molecule has 4 aromatic rings. The summed E-state index contributed by atoms with van der Waals surface area (Å²) >= 11 is 0. The van der Waals surface area contributed by atoms with Gasteiger partial charge < -0.3 is 19.5 Å². The molecule has 0 aliphatic rings. The van der Waals surface area contributed by atoms with E-state index in [1.807, 2.05) is 13.8 Å². The normalized spacial score (nSPS) is 10.8. The molecule has 0 aliphatic heterocycles. The number of hydrogen-bond donors (Lipinski definition) is 1. The van der Waals surface area contributed by atoms with Crippen LogP contribution in [0.2, 0.25) is 0 Å². The molecule has 0 spiro atoms.